The maximum atomic E-state index is 11.8. The first-order valence-corrected chi connectivity index (χ1v) is 6.76. The van der Waals surface area contributed by atoms with Crippen LogP contribution < -0.4 is 10.1 Å². The quantitative estimate of drug-likeness (QED) is 0.733. The SMILES string of the molecule is CCCNC(COc1ccc(C)cc1)C(=O)OCC. The van der Waals surface area contributed by atoms with Crippen LogP contribution in [0.2, 0.25) is 0 Å². The molecule has 19 heavy (non-hydrogen) atoms. The van der Waals surface area contributed by atoms with Crippen LogP contribution in [0, 0.1) is 6.92 Å². The maximum absolute atomic E-state index is 11.8. The van der Waals surface area contributed by atoms with Crippen LogP contribution in [0.15, 0.2) is 24.3 Å². The molecular weight excluding hydrogens is 242 g/mol. The van der Waals surface area contributed by atoms with Gasteiger partial charge in [0, 0.05) is 0 Å². The molecule has 0 aromatic heterocycles. The first kappa shape index (κ1) is 15.5. The minimum atomic E-state index is -0.416. The number of benzene rings is 1. The van der Waals surface area contributed by atoms with E-state index in [2.05, 4.69) is 12.2 Å². The smallest absolute Gasteiger partial charge is 0.326 e. The minimum Gasteiger partial charge on any atom is -0.491 e. The summed E-state index contributed by atoms with van der Waals surface area (Å²) in [7, 11) is 0. The number of carbonyl (C=O) groups excluding carboxylic acids is 1. The van der Waals surface area contributed by atoms with E-state index in [1.54, 1.807) is 6.92 Å². The molecule has 0 aliphatic heterocycles. The summed E-state index contributed by atoms with van der Waals surface area (Å²) in [6.07, 6.45) is 0.959. The fourth-order valence-corrected chi connectivity index (χ4v) is 1.59. The van der Waals surface area contributed by atoms with Crippen molar-refractivity contribution in [2.75, 3.05) is 19.8 Å². The Labute approximate surface area is 115 Å². The zero-order valence-electron chi connectivity index (χ0n) is 11.9. The van der Waals surface area contributed by atoms with Crippen molar-refractivity contribution in [3.63, 3.8) is 0 Å². The van der Waals surface area contributed by atoms with E-state index in [-0.39, 0.29) is 12.6 Å². The number of rotatable bonds is 8. The highest BCUT2D eigenvalue weighted by Crippen LogP contribution is 2.11. The third-order valence-corrected chi connectivity index (χ3v) is 2.65. The molecule has 1 aromatic rings. The lowest BCUT2D eigenvalue weighted by Gasteiger charge is -2.17. The lowest BCUT2D eigenvalue weighted by Crippen LogP contribution is -2.43. The maximum Gasteiger partial charge on any atom is 0.326 e. The van der Waals surface area contributed by atoms with Crippen LogP contribution in [0.5, 0.6) is 5.75 Å². The van der Waals surface area contributed by atoms with Crippen LogP contribution in [0.3, 0.4) is 0 Å². The standard InChI is InChI=1S/C15H23NO3/c1-4-10-16-14(15(17)18-5-2)11-19-13-8-6-12(3)7-9-13/h6-9,14,16H,4-5,10-11H2,1-3H3. The summed E-state index contributed by atoms with van der Waals surface area (Å²) in [5, 5.41) is 3.14. The Bertz CT molecular complexity index is 375. The summed E-state index contributed by atoms with van der Waals surface area (Å²) in [5.74, 6) is 0.501. The Morgan fingerprint density at radius 2 is 1.95 bits per heavy atom. The van der Waals surface area contributed by atoms with Gasteiger partial charge in [0.25, 0.3) is 0 Å². The predicted molar refractivity (Wildman–Crippen MR) is 75.4 cm³/mol. The Kier molecular flexibility index (Phi) is 6.97. The Balaban J connectivity index is 2.51. The van der Waals surface area contributed by atoms with Gasteiger partial charge in [-0.25, -0.2) is 0 Å². The van der Waals surface area contributed by atoms with Gasteiger partial charge in [-0.1, -0.05) is 24.6 Å². The molecule has 0 heterocycles. The van der Waals surface area contributed by atoms with Crippen molar-refractivity contribution in [1.29, 1.82) is 0 Å². The van der Waals surface area contributed by atoms with E-state index in [9.17, 15) is 4.79 Å². The number of aryl methyl sites for hydroxylation is 1. The second-order valence-corrected chi connectivity index (χ2v) is 4.38. The van der Waals surface area contributed by atoms with Gasteiger partial charge in [0.1, 0.15) is 18.4 Å². The van der Waals surface area contributed by atoms with Crippen molar-refractivity contribution in [2.24, 2.45) is 0 Å². The highest BCUT2D eigenvalue weighted by Gasteiger charge is 2.19. The van der Waals surface area contributed by atoms with Crippen LogP contribution in [0.25, 0.3) is 0 Å². The average molecular weight is 265 g/mol. The molecule has 1 aromatic carbocycles. The molecule has 106 valence electrons. The third-order valence-electron chi connectivity index (χ3n) is 2.65. The van der Waals surface area contributed by atoms with Crippen molar-refractivity contribution in [3.05, 3.63) is 29.8 Å². The van der Waals surface area contributed by atoms with Crippen molar-refractivity contribution < 1.29 is 14.3 Å². The van der Waals surface area contributed by atoms with Gasteiger partial charge in [-0.15, -0.1) is 0 Å². The zero-order valence-corrected chi connectivity index (χ0v) is 11.9. The summed E-state index contributed by atoms with van der Waals surface area (Å²) < 4.78 is 10.7. The first-order chi connectivity index (χ1) is 9.17. The van der Waals surface area contributed by atoms with Gasteiger partial charge < -0.3 is 14.8 Å². The normalized spacial score (nSPS) is 11.9. The fourth-order valence-electron chi connectivity index (χ4n) is 1.59. The summed E-state index contributed by atoms with van der Waals surface area (Å²) in [4.78, 5) is 11.8. The average Bonchev–Trinajstić information content (AvgIpc) is 2.41. The number of hydrogen-bond donors (Lipinski definition) is 1. The van der Waals surface area contributed by atoms with E-state index in [0.29, 0.717) is 6.61 Å². The second-order valence-electron chi connectivity index (χ2n) is 4.38. The molecule has 0 radical (unpaired) electrons. The van der Waals surface area contributed by atoms with Crippen molar-refractivity contribution in [2.45, 2.75) is 33.2 Å². The van der Waals surface area contributed by atoms with E-state index in [4.69, 9.17) is 9.47 Å². The van der Waals surface area contributed by atoms with E-state index in [1.165, 1.54) is 5.56 Å². The van der Waals surface area contributed by atoms with E-state index in [1.807, 2.05) is 31.2 Å². The summed E-state index contributed by atoms with van der Waals surface area (Å²) in [5.41, 5.74) is 1.18. The van der Waals surface area contributed by atoms with Crippen LogP contribution in [0.4, 0.5) is 0 Å². The number of nitrogens with one attached hydrogen (secondary N) is 1. The van der Waals surface area contributed by atoms with Crippen LogP contribution in [-0.2, 0) is 9.53 Å². The molecule has 1 unspecified atom stereocenters. The fraction of sp³-hybridized carbons (Fsp3) is 0.533. The van der Waals surface area contributed by atoms with E-state index in [0.717, 1.165) is 18.7 Å². The first-order valence-electron chi connectivity index (χ1n) is 6.76. The van der Waals surface area contributed by atoms with Crippen LogP contribution in [0.1, 0.15) is 25.8 Å². The number of carbonyl (C=O) groups is 1. The monoisotopic (exact) mass is 265 g/mol. The van der Waals surface area contributed by atoms with Gasteiger partial charge in [0.15, 0.2) is 0 Å². The number of ether oxygens (including phenoxy) is 2. The molecule has 0 saturated carbocycles. The van der Waals surface area contributed by atoms with Gasteiger partial charge in [0.05, 0.1) is 6.61 Å². The van der Waals surface area contributed by atoms with Crippen LogP contribution >= 0.6 is 0 Å². The molecule has 0 fully saturated rings. The van der Waals surface area contributed by atoms with Crippen molar-refractivity contribution in [1.82, 2.24) is 5.32 Å². The second kappa shape index (κ2) is 8.53. The summed E-state index contributed by atoms with van der Waals surface area (Å²) in [6, 6.07) is 7.35. The molecule has 1 atom stereocenters. The highest BCUT2D eigenvalue weighted by atomic mass is 16.5. The Morgan fingerprint density at radius 1 is 1.26 bits per heavy atom. The molecule has 1 N–H and O–H groups in total. The number of hydrogen-bond acceptors (Lipinski definition) is 4. The number of esters is 1. The zero-order chi connectivity index (χ0) is 14.1. The van der Waals surface area contributed by atoms with Gasteiger partial charge in [-0.05, 0) is 38.9 Å². The van der Waals surface area contributed by atoms with Crippen molar-refractivity contribution >= 4 is 5.97 Å². The van der Waals surface area contributed by atoms with Crippen LogP contribution in [-0.4, -0.2) is 31.8 Å². The molecule has 0 bridgehead atoms. The minimum absolute atomic E-state index is 0.261. The molecule has 0 aliphatic rings. The highest BCUT2D eigenvalue weighted by molar-refractivity contribution is 5.76. The molecule has 0 amide bonds. The molecular formula is C15H23NO3. The molecule has 1 rings (SSSR count). The Hall–Kier alpha value is -1.55. The predicted octanol–water partition coefficient (Wildman–Crippen LogP) is 2.31. The van der Waals surface area contributed by atoms with Crippen molar-refractivity contribution in [3.8, 4) is 5.75 Å². The van der Waals surface area contributed by atoms with Gasteiger partial charge in [0.2, 0.25) is 0 Å². The summed E-state index contributed by atoms with van der Waals surface area (Å²) >= 11 is 0. The van der Waals surface area contributed by atoms with E-state index >= 15 is 0 Å². The van der Waals surface area contributed by atoms with Gasteiger partial charge in [-0.2, -0.15) is 0 Å². The molecule has 0 aliphatic carbocycles. The lowest BCUT2D eigenvalue weighted by molar-refractivity contribution is -0.146. The van der Waals surface area contributed by atoms with Gasteiger partial charge in [-0.3, -0.25) is 4.79 Å². The molecule has 4 heteroatoms. The lowest BCUT2D eigenvalue weighted by atomic mass is 10.2. The molecule has 4 nitrogen and oxygen atoms in total. The summed E-state index contributed by atoms with van der Waals surface area (Å²) in [6.45, 7) is 7.30. The third kappa shape index (κ3) is 5.75. The molecule has 0 spiro atoms. The largest absolute Gasteiger partial charge is 0.491 e. The topological polar surface area (TPSA) is 47.6 Å². The van der Waals surface area contributed by atoms with E-state index < -0.39 is 6.04 Å². The van der Waals surface area contributed by atoms with Gasteiger partial charge >= 0.3 is 5.97 Å². The Morgan fingerprint density at radius 3 is 2.53 bits per heavy atom. The molecule has 0 saturated heterocycles.